The van der Waals surface area contributed by atoms with Crippen LogP contribution in [-0.2, 0) is 4.79 Å². The molecule has 0 aliphatic heterocycles. The molecule has 2 rings (SSSR count). The first kappa shape index (κ1) is 12.3. The van der Waals surface area contributed by atoms with Crippen LogP contribution in [0.2, 0.25) is 0 Å². The zero-order valence-corrected chi connectivity index (χ0v) is 10.4. The van der Waals surface area contributed by atoms with Crippen LogP contribution in [0.5, 0.6) is 5.75 Å². The van der Waals surface area contributed by atoms with Crippen LogP contribution in [-0.4, -0.2) is 10.9 Å². The third kappa shape index (κ3) is 3.71. The number of aromatic hydroxyl groups is 1. The number of hydrogen-bond acceptors (Lipinski definition) is 3. The number of benzene rings is 1. The Morgan fingerprint density at radius 3 is 2.44 bits per heavy atom. The van der Waals surface area contributed by atoms with Gasteiger partial charge in [-0.25, -0.2) is 0 Å². The highest BCUT2D eigenvalue weighted by molar-refractivity contribution is 7.10. The summed E-state index contributed by atoms with van der Waals surface area (Å²) in [5.41, 5.74) is 0.880. The summed E-state index contributed by atoms with van der Waals surface area (Å²) >= 11 is 1.59. The molecule has 0 aliphatic carbocycles. The van der Waals surface area contributed by atoms with Gasteiger partial charge in [0.2, 0.25) is 0 Å². The van der Waals surface area contributed by atoms with E-state index in [1.807, 2.05) is 17.5 Å². The lowest BCUT2D eigenvalue weighted by atomic mass is 10.2. The van der Waals surface area contributed by atoms with Gasteiger partial charge in [-0.15, -0.1) is 11.3 Å². The van der Waals surface area contributed by atoms with Crippen LogP contribution in [0.15, 0.2) is 53.9 Å². The number of hydrogen-bond donors (Lipinski definition) is 1. The molecule has 0 amide bonds. The summed E-state index contributed by atoms with van der Waals surface area (Å²) in [5, 5.41) is 11.1. The fourth-order valence-corrected chi connectivity index (χ4v) is 1.99. The molecule has 0 saturated carbocycles. The Balaban J connectivity index is 1.97. The molecule has 2 nitrogen and oxygen atoms in total. The summed E-state index contributed by atoms with van der Waals surface area (Å²) in [6.07, 6.45) is 6.58. The maximum absolute atomic E-state index is 11.6. The van der Waals surface area contributed by atoms with Crippen molar-refractivity contribution in [3.63, 3.8) is 0 Å². The summed E-state index contributed by atoms with van der Waals surface area (Å²) in [4.78, 5) is 12.6. The van der Waals surface area contributed by atoms with E-state index in [0.717, 1.165) is 10.4 Å². The summed E-state index contributed by atoms with van der Waals surface area (Å²) in [5.74, 6) is 0.160. The molecule has 18 heavy (non-hydrogen) atoms. The first-order chi connectivity index (χ1) is 8.74. The molecule has 1 heterocycles. The Morgan fingerprint density at radius 1 is 1.06 bits per heavy atom. The monoisotopic (exact) mass is 256 g/mol. The lowest BCUT2D eigenvalue weighted by molar-refractivity contribution is -0.110. The molecule has 0 radical (unpaired) electrons. The quantitative estimate of drug-likeness (QED) is 0.846. The minimum Gasteiger partial charge on any atom is -0.508 e. The zero-order valence-electron chi connectivity index (χ0n) is 9.61. The van der Waals surface area contributed by atoms with Crippen molar-refractivity contribution >= 4 is 29.3 Å². The van der Waals surface area contributed by atoms with E-state index >= 15 is 0 Å². The maximum Gasteiger partial charge on any atom is 0.178 e. The lowest BCUT2D eigenvalue weighted by Gasteiger charge is -1.92. The van der Waals surface area contributed by atoms with Crippen molar-refractivity contribution in [3.8, 4) is 5.75 Å². The predicted octanol–water partition coefficient (Wildman–Crippen LogP) is 3.75. The third-order valence-electron chi connectivity index (χ3n) is 2.29. The molecule has 90 valence electrons. The van der Waals surface area contributed by atoms with Gasteiger partial charge >= 0.3 is 0 Å². The van der Waals surface area contributed by atoms with Crippen LogP contribution in [0.1, 0.15) is 10.4 Å². The van der Waals surface area contributed by atoms with Crippen molar-refractivity contribution in [3.05, 3.63) is 64.4 Å². The fourth-order valence-electron chi connectivity index (χ4n) is 1.37. The number of phenols is 1. The maximum atomic E-state index is 11.6. The van der Waals surface area contributed by atoms with Crippen molar-refractivity contribution in [2.24, 2.45) is 0 Å². The molecule has 0 spiro atoms. The van der Waals surface area contributed by atoms with E-state index in [0.29, 0.717) is 0 Å². The Morgan fingerprint density at radius 2 is 1.78 bits per heavy atom. The Labute approximate surface area is 110 Å². The number of allylic oxidation sites excluding steroid dienone is 2. The van der Waals surface area contributed by atoms with Crippen molar-refractivity contribution < 1.29 is 9.90 Å². The average Bonchev–Trinajstić information content (AvgIpc) is 2.89. The van der Waals surface area contributed by atoms with E-state index in [1.54, 1.807) is 53.8 Å². The van der Waals surface area contributed by atoms with Gasteiger partial charge in [-0.1, -0.05) is 24.3 Å². The largest absolute Gasteiger partial charge is 0.508 e. The molecule has 0 atom stereocenters. The minimum atomic E-state index is -0.0588. The van der Waals surface area contributed by atoms with Crippen LogP contribution in [0.4, 0.5) is 0 Å². The van der Waals surface area contributed by atoms with Gasteiger partial charge in [0.1, 0.15) is 5.75 Å². The Hall–Kier alpha value is -2.13. The molecular formula is C15H12O2S. The highest BCUT2D eigenvalue weighted by Gasteiger charge is 1.92. The van der Waals surface area contributed by atoms with Gasteiger partial charge in [-0.3, -0.25) is 4.79 Å². The van der Waals surface area contributed by atoms with Gasteiger partial charge in [0.05, 0.1) is 0 Å². The average molecular weight is 256 g/mol. The number of carbonyl (C=O) groups is 1. The molecule has 1 aromatic heterocycles. The molecule has 1 aromatic carbocycles. The van der Waals surface area contributed by atoms with E-state index in [4.69, 9.17) is 5.11 Å². The number of rotatable bonds is 4. The second-order valence-corrected chi connectivity index (χ2v) is 4.66. The normalized spacial score (nSPS) is 11.3. The van der Waals surface area contributed by atoms with E-state index in [-0.39, 0.29) is 11.5 Å². The molecular weight excluding hydrogens is 244 g/mol. The van der Waals surface area contributed by atoms with Crippen LogP contribution in [0.25, 0.3) is 12.2 Å². The van der Waals surface area contributed by atoms with Crippen molar-refractivity contribution in [1.82, 2.24) is 0 Å². The zero-order chi connectivity index (χ0) is 12.8. The summed E-state index contributed by atoms with van der Waals surface area (Å²) in [6.45, 7) is 0. The highest BCUT2D eigenvalue weighted by Crippen LogP contribution is 2.12. The number of carbonyl (C=O) groups excluding carboxylic acids is 1. The number of ketones is 1. The lowest BCUT2D eigenvalue weighted by Crippen LogP contribution is -1.84. The third-order valence-corrected chi connectivity index (χ3v) is 3.13. The van der Waals surface area contributed by atoms with Gasteiger partial charge in [0.25, 0.3) is 0 Å². The van der Waals surface area contributed by atoms with Gasteiger partial charge in [0.15, 0.2) is 5.78 Å². The molecule has 1 N–H and O–H groups in total. The van der Waals surface area contributed by atoms with Crippen LogP contribution < -0.4 is 0 Å². The van der Waals surface area contributed by atoms with Crippen LogP contribution >= 0.6 is 11.3 Å². The molecule has 0 aliphatic rings. The topological polar surface area (TPSA) is 37.3 Å². The minimum absolute atomic E-state index is 0.0588. The van der Waals surface area contributed by atoms with E-state index in [1.165, 1.54) is 6.08 Å². The van der Waals surface area contributed by atoms with Crippen molar-refractivity contribution in [2.45, 2.75) is 0 Å². The molecule has 0 fully saturated rings. The molecule has 3 heteroatoms. The van der Waals surface area contributed by atoms with E-state index in [2.05, 4.69) is 0 Å². The van der Waals surface area contributed by atoms with E-state index in [9.17, 15) is 4.79 Å². The second-order valence-electron chi connectivity index (χ2n) is 3.68. The SMILES string of the molecule is O=C(C=Cc1ccc(O)cc1)C=Cc1cccs1. The van der Waals surface area contributed by atoms with Crippen LogP contribution in [0.3, 0.4) is 0 Å². The van der Waals surface area contributed by atoms with Gasteiger partial charge < -0.3 is 5.11 Å². The van der Waals surface area contributed by atoms with Gasteiger partial charge in [-0.05, 0) is 47.4 Å². The summed E-state index contributed by atoms with van der Waals surface area (Å²) in [6, 6.07) is 10.6. The fraction of sp³-hybridized carbons (Fsp3) is 0. The Bertz CT molecular complexity index is 563. The number of phenolic OH excluding ortho intramolecular Hbond substituents is 1. The van der Waals surface area contributed by atoms with Crippen molar-refractivity contribution in [2.75, 3.05) is 0 Å². The molecule has 0 unspecified atom stereocenters. The molecule has 0 saturated heterocycles. The first-order valence-electron chi connectivity index (χ1n) is 5.47. The Kier molecular flexibility index (Phi) is 4.10. The highest BCUT2D eigenvalue weighted by atomic mass is 32.1. The van der Waals surface area contributed by atoms with Gasteiger partial charge in [-0.2, -0.15) is 0 Å². The van der Waals surface area contributed by atoms with Gasteiger partial charge in [0, 0.05) is 4.88 Å². The summed E-state index contributed by atoms with van der Waals surface area (Å²) < 4.78 is 0. The smallest absolute Gasteiger partial charge is 0.178 e. The molecule has 0 bridgehead atoms. The summed E-state index contributed by atoms with van der Waals surface area (Å²) in [7, 11) is 0. The van der Waals surface area contributed by atoms with Crippen molar-refractivity contribution in [1.29, 1.82) is 0 Å². The number of thiophene rings is 1. The molecule has 2 aromatic rings. The van der Waals surface area contributed by atoms with E-state index < -0.39 is 0 Å². The predicted molar refractivity (Wildman–Crippen MR) is 75.5 cm³/mol. The first-order valence-corrected chi connectivity index (χ1v) is 6.35. The standard InChI is InChI=1S/C15H12O2S/c16-13-6-3-12(4-7-13)5-8-14(17)9-10-15-2-1-11-18-15/h1-11,16H. The van der Waals surface area contributed by atoms with Crippen LogP contribution in [0, 0.1) is 0 Å². The second kappa shape index (κ2) is 5.98.